The van der Waals surface area contributed by atoms with Crippen molar-refractivity contribution in [3.63, 3.8) is 0 Å². The van der Waals surface area contributed by atoms with E-state index in [1.165, 1.54) is 15.8 Å². The van der Waals surface area contributed by atoms with E-state index in [1.807, 2.05) is 60.7 Å². The number of carboxylic acid groups (broad SMARTS) is 1. The molecule has 0 atom stereocenters. The fourth-order valence-corrected chi connectivity index (χ4v) is 4.00. The number of ether oxygens (including phenoxy) is 1. The Bertz CT molecular complexity index is 1040. The monoisotopic (exact) mass is 419 g/mol. The fourth-order valence-electron chi connectivity index (χ4n) is 4.00. The average Bonchev–Trinajstić information content (AvgIpc) is 3.18. The Hall–Kier alpha value is -3.61. The van der Waals surface area contributed by atoms with Crippen LogP contribution in [0.15, 0.2) is 66.9 Å². The van der Waals surface area contributed by atoms with Gasteiger partial charge >= 0.3 is 6.16 Å². The third-order valence-corrected chi connectivity index (χ3v) is 5.69. The van der Waals surface area contributed by atoms with Gasteiger partial charge in [0.05, 0.1) is 17.6 Å². The lowest BCUT2D eigenvalue weighted by Crippen LogP contribution is -2.35. The van der Waals surface area contributed by atoms with Crippen LogP contribution in [0, 0.1) is 11.8 Å². The van der Waals surface area contributed by atoms with Crippen LogP contribution in [0.1, 0.15) is 32.6 Å². The topological polar surface area (TPSA) is 84.7 Å². The zero-order valence-corrected chi connectivity index (χ0v) is 17.3. The van der Waals surface area contributed by atoms with Crippen molar-refractivity contribution >= 4 is 23.6 Å². The second-order valence-electron chi connectivity index (χ2n) is 7.93. The molecule has 1 saturated carbocycles. The molecule has 1 fully saturated rings. The molecule has 1 amide bonds. The molecule has 160 valence electrons. The van der Waals surface area contributed by atoms with Crippen molar-refractivity contribution in [2.75, 3.05) is 4.90 Å². The minimum atomic E-state index is -1.46. The van der Waals surface area contributed by atoms with Crippen molar-refractivity contribution in [1.82, 2.24) is 9.78 Å². The van der Waals surface area contributed by atoms with Crippen LogP contribution < -0.4 is 9.64 Å². The quantitative estimate of drug-likeness (QED) is 0.558. The Kier molecular flexibility index (Phi) is 6.02. The molecule has 0 saturated heterocycles. The van der Waals surface area contributed by atoms with Crippen molar-refractivity contribution in [2.45, 2.75) is 32.6 Å². The molecule has 7 heteroatoms. The molecule has 1 heterocycles. The zero-order valence-electron chi connectivity index (χ0n) is 17.3. The van der Waals surface area contributed by atoms with Crippen molar-refractivity contribution in [3.8, 4) is 11.4 Å². The number of anilines is 2. The Labute approximate surface area is 180 Å². The summed E-state index contributed by atoms with van der Waals surface area (Å²) in [4.78, 5) is 26.5. The first-order valence-electron chi connectivity index (χ1n) is 10.5. The van der Waals surface area contributed by atoms with Gasteiger partial charge in [-0.05, 0) is 55.9 Å². The first-order valence-corrected chi connectivity index (χ1v) is 10.5. The van der Waals surface area contributed by atoms with Crippen LogP contribution in [0.5, 0.6) is 5.75 Å². The molecule has 0 aliphatic heterocycles. The van der Waals surface area contributed by atoms with Crippen LogP contribution >= 0.6 is 0 Å². The highest BCUT2D eigenvalue weighted by atomic mass is 16.7. The van der Waals surface area contributed by atoms with E-state index in [0.717, 1.165) is 31.4 Å². The van der Waals surface area contributed by atoms with Crippen LogP contribution in [0.2, 0.25) is 0 Å². The van der Waals surface area contributed by atoms with Gasteiger partial charge in [-0.25, -0.2) is 9.48 Å². The number of hydrogen-bond donors (Lipinski definition) is 1. The van der Waals surface area contributed by atoms with Gasteiger partial charge in [-0.3, -0.25) is 9.69 Å². The van der Waals surface area contributed by atoms with E-state index in [-0.39, 0.29) is 23.4 Å². The number of nitrogens with zero attached hydrogens (tertiary/aromatic N) is 3. The summed E-state index contributed by atoms with van der Waals surface area (Å²) in [6, 6.07) is 18.5. The van der Waals surface area contributed by atoms with Crippen LogP contribution in [-0.4, -0.2) is 26.9 Å². The molecular weight excluding hydrogens is 394 g/mol. The third kappa shape index (κ3) is 4.60. The van der Waals surface area contributed by atoms with E-state index in [2.05, 4.69) is 12.0 Å². The second kappa shape index (κ2) is 9.04. The summed E-state index contributed by atoms with van der Waals surface area (Å²) in [5, 5.41) is 13.9. The largest absolute Gasteiger partial charge is 0.511 e. The van der Waals surface area contributed by atoms with Gasteiger partial charge in [-0.15, -0.1) is 5.10 Å². The molecule has 0 radical (unpaired) electrons. The summed E-state index contributed by atoms with van der Waals surface area (Å²) >= 11 is 0. The number of rotatable bonds is 5. The Morgan fingerprint density at radius 2 is 1.61 bits per heavy atom. The van der Waals surface area contributed by atoms with Crippen LogP contribution in [0.25, 0.3) is 5.69 Å². The third-order valence-electron chi connectivity index (χ3n) is 5.69. The number of aromatic nitrogens is 2. The number of hydrogen-bond acceptors (Lipinski definition) is 4. The lowest BCUT2D eigenvalue weighted by atomic mass is 9.82. The van der Waals surface area contributed by atoms with E-state index in [1.54, 1.807) is 0 Å². The first-order chi connectivity index (χ1) is 15.0. The van der Waals surface area contributed by atoms with E-state index in [4.69, 9.17) is 4.74 Å². The molecular formula is C24H25N3O4. The van der Waals surface area contributed by atoms with Crippen LogP contribution in [-0.2, 0) is 4.79 Å². The summed E-state index contributed by atoms with van der Waals surface area (Å²) in [6.45, 7) is 2.20. The molecule has 4 rings (SSSR count). The molecule has 2 aromatic carbocycles. The maximum atomic E-state index is 13.7. The summed E-state index contributed by atoms with van der Waals surface area (Å²) < 4.78 is 6.57. The Balaban J connectivity index is 1.79. The highest BCUT2D eigenvalue weighted by Gasteiger charge is 2.33. The molecule has 31 heavy (non-hydrogen) atoms. The number of para-hydroxylation sites is 2. The molecule has 0 bridgehead atoms. The predicted molar refractivity (Wildman–Crippen MR) is 117 cm³/mol. The first kappa shape index (κ1) is 20.7. The lowest BCUT2D eigenvalue weighted by molar-refractivity contribution is -0.122. The predicted octanol–water partition coefficient (Wildman–Crippen LogP) is 5.42. The van der Waals surface area contributed by atoms with Crippen molar-refractivity contribution < 1.29 is 19.4 Å². The maximum absolute atomic E-state index is 13.7. The molecule has 1 N–H and O–H groups in total. The fraction of sp³-hybridized carbons (Fsp3) is 0.292. The minimum absolute atomic E-state index is 0.0118. The molecule has 1 aliphatic rings. The normalized spacial score (nSPS) is 18.4. The molecule has 1 aliphatic carbocycles. The van der Waals surface area contributed by atoms with E-state index in [0.29, 0.717) is 11.6 Å². The summed E-state index contributed by atoms with van der Waals surface area (Å²) in [6.07, 6.45) is 3.63. The second-order valence-corrected chi connectivity index (χ2v) is 7.93. The maximum Gasteiger partial charge on any atom is 0.511 e. The van der Waals surface area contributed by atoms with Crippen LogP contribution in [0.4, 0.5) is 16.3 Å². The minimum Gasteiger partial charge on any atom is -0.449 e. The molecule has 1 aromatic heterocycles. The van der Waals surface area contributed by atoms with Crippen molar-refractivity contribution in [3.05, 3.63) is 66.9 Å². The van der Waals surface area contributed by atoms with Gasteiger partial charge < -0.3 is 9.84 Å². The number of amides is 1. The van der Waals surface area contributed by atoms with E-state index < -0.39 is 6.16 Å². The number of carbonyl (C=O) groups excluding carboxylic acids is 1. The van der Waals surface area contributed by atoms with E-state index in [9.17, 15) is 14.7 Å². The number of carbonyl (C=O) groups is 2. The Morgan fingerprint density at radius 1 is 1.00 bits per heavy atom. The summed E-state index contributed by atoms with van der Waals surface area (Å²) in [7, 11) is 0. The summed E-state index contributed by atoms with van der Waals surface area (Å²) in [5.41, 5.74) is 1.36. The van der Waals surface area contributed by atoms with Crippen molar-refractivity contribution in [2.24, 2.45) is 11.8 Å². The SMILES string of the molecule is CC1CCC(C(=O)N(c2ccccc2)c2nn(-c3ccccc3)cc2OC(=O)O)CC1. The number of benzene rings is 2. The van der Waals surface area contributed by atoms with Gasteiger partial charge in [0.1, 0.15) is 0 Å². The highest BCUT2D eigenvalue weighted by Crippen LogP contribution is 2.38. The smallest absolute Gasteiger partial charge is 0.449 e. The van der Waals surface area contributed by atoms with Gasteiger partial charge in [0.2, 0.25) is 11.7 Å². The molecule has 0 unspecified atom stereocenters. The Morgan fingerprint density at radius 3 is 2.23 bits per heavy atom. The zero-order chi connectivity index (χ0) is 21.8. The summed E-state index contributed by atoms with van der Waals surface area (Å²) in [5.74, 6) is 0.554. The average molecular weight is 419 g/mol. The van der Waals surface area contributed by atoms with Crippen molar-refractivity contribution in [1.29, 1.82) is 0 Å². The van der Waals surface area contributed by atoms with Crippen LogP contribution in [0.3, 0.4) is 0 Å². The molecule has 0 spiro atoms. The molecule has 3 aromatic rings. The lowest BCUT2D eigenvalue weighted by Gasteiger charge is -2.30. The van der Waals surface area contributed by atoms with Gasteiger partial charge in [0, 0.05) is 5.92 Å². The highest BCUT2D eigenvalue weighted by molar-refractivity contribution is 6.02. The van der Waals surface area contributed by atoms with Gasteiger partial charge in [-0.2, -0.15) is 0 Å². The van der Waals surface area contributed by atoms with Gasteiger partial charge in [0.15, 0.2) is 5.75 Å². The standard InChI is InChI=1S/C24H25N3O4/c1-17-12-14-18(15-13-17)23(28)27(20-10-6-3-7-11-20)22-21(31-24(29)30)16-26(25-22)19-8-4-2-5-9-19/h2-11,16-18H,12-15H2,1H3,(H,29,30). The molecule has 7 nitrogen and oxygen atoms in total. The van der Waals surface area contributed by atoms with Gasteiger partial charge in [-0.1, -0.05) is 43.3 Å². The van der Waals surface area contributed by atoms with Gasteiger partial charge in [0.25, 0.3) is 0 Å². The van der Waals surface area contributed by atoms with E-state index >= 15 is 0 Å².